The van der Waals surface area contributed by atoms with Gasteiger partial charge in [0, 0.05) is 27.9 Å². The molecule has 3 aliphatic carbocycles. The lowest BCUT2D eigenvalue weighted by molar-refractivity contribution is 0.527. The summed E-state index contributed by atoms with van der Waals surface area (Å²) in [6, 6.07) is 33.7. The molecule has 0 radical (unpaired) electrons. The lowest BCUT2D eigenvalue weighted by Gasteiger charge is -2.31. The Morgan fingerprint density at radius 1 is 0.659 bits per heavy atom. The first-order valence-electron chi connectivity index (χ1n) is 15.9. The van der Waals surface area contributed by atoms with E-state index in [1.54, 1.807) is 0 Å². The normalized spacial score (nSPS) is 19.2. The Hall–Kier alpha value is -4.40. The number of nitrogens with zero attached hydrogens (tertiary/aromatic N) is 1. The van der Waals surface area contributed by atoms with E-state index >= 15 is 0 Å². The van der Waals surface area contributed by atoms with Crippen LogP contribution in [0.2, 0.25) is 0 Å². The maximum Gasteiger partial charge on any atom is 0.0465 e. The van der Waals surface area contributed by atoms with Crippen molar-refractivity contribution in [2.75, 3.05) is 11.9 Å². The van der Waals surface area contributed by atoms with Gasteiger partial charge in [-0.05, 0) is 109 Å². The molecule has 4 aromatic rings. The highest BCUT2D eigenvalue weighted by Crippen LogP contribution is 2.51. The maximum atomic E-state index is 4.50. The quantitative estimate of drug-likeness (QED) is 0.256. The molecule has 0 saturated carbocycles. The smallest absolute Gasteiger partial charge is 0.0465 e. The van der Waals surface area contributed by atoms with Crippen LogP contribution in [-0.4, -0.2) is 7.05 Å². The summed E-state index contributed by atoms with van der Waals surface area (Å²) in [5.74, 6) is 0. The SMILES string of the molecule is CN.Cc1ccc2c(c1)C(C)(C)c1cc(N(c3ccccc3)c3ccc(C4=CCC(C)(C5=CCCC=C5)C=C4)cc3)ccc1-2. The van der Waals surface area contributed by atoms with Gasteiger partial charge in [-0.1, -0.05) is 117 Å². The van der Waals surface area contributed by atoms with Crippen molar-refractivity contribution in [2.45, 2.75) is 52.4 Å². The van der Waals surface area contributed by atoms with Crippen LogP contribution >= 0.6 is 0 Å². The highest BCUT2D eigenvalue weighted by Gasteiger charge is 2.36. The number of hydrogen-bond acceptors (Lipinski definition) is 2. The minimum Gasteiger partial charge on any atom is -0.333 e. The van der Waals surface area contributed by atoms with Gasteiger partial charge in [-0.15, -0.1) is 0 Å². The molecule has 44 heavy (non-hydrogen) atoms. The van der Waals surface area contributed by atoms with Gasteiger partial charge in [0.25, 0.3) is 0 Å². The number of allylic oxidation sites excluding steroid dienone is 8. The average molecular weight is 577 g/mol. The van der Waals surface area contributed by atoms with Crippen molar-refractivity contribution in [1.29, 1.82) is 0 Å². The number of benzene rings is 4. The van der Waals surface area contributed by atoms with Gasteiger partial charge in [0.2, 0.25) is 0 Å². The second-order valence-corrected chi connectivity index (χ2v) is 12.9. The molecular formula is C42H44N2. The Bertz CT molecular complexity index is 1780. The van der Waals surface area contributed by atoms with Crippen LogP contribution in [0.4, 0.5) is 17.1 Å². The summed E-state index contributed by atoms with van der Waals surface area (Å²) < 4.78 is 0. The van der Waals surface area contributed by atoms with Crippen LogP contribution < -0.4 is 10.6 Å². The first-order valence-corrected chi connectivity index (χ1v) is 15.9. The van der Waals surface area contributed by atoms with Gasteiger partial charge >= 0.3 is 0 Å². The van der Waals surface area contributed by atoms with Crippen molar-refractivity contribution in [1.82, 2.24) is 0 Å². The molecule has 222 valence electrons. The predicted octanol–water partition coefficient (Wildman–Crippen LogP) is 11.0. The third-order valence-corrected chi connectivity index (χ3v) is 9.58. The van der Waals surface area contributed by atoms with Gasteiger partial charge in [0.15, 0.2) is 0 Å². The van der Waals surface area contributed by atoms with Gasteiger partial charge < -0.3 is 10.6 Å². The van der Waals surface area contributed by atoms with E-state index in [9.17, 15) is 0 Å². The van der Waals surface area contributed by atoms with E-state index in [1.807, 2.05) is 0 Å². The summed E-state index contributed by atoms with van der Waals surface area (Å²) >= 11 is 0. The van der Waals surface area contributed by atoms with E-state index in [4.69, 9.17) is 0 Å². The first kappa shape index (κ1) is 29.7. The minimum absolute atomic E-state index is 0.0450. The molecule has 0 heterocycles. The Balaban J connectivity index is 0.00000168. The average Bonchev–Trinajstić information content (AvgIpc) is 3.29. The number of nitrogens with two attached hydrogens (primary N) is 1. The number of hydrogen-bond donors (Lipinski definition) is 1. The molecule has 0 aliphatic heterocycles. The van der Waals surface area contributed by atoms with E-state index < -0.39 is 0 Å². The Morgan fingerprint density at radius 2 is 1.32 bits per heavy atom. The molecule has 2 nitrogen and oxygen atoms in total. The Morgan fingerprint density at radius 3 is 1.98 bits per heavy atom. The first-order chi connectivity index (χ1) is 21.3. The van der Waals surface area contributed by atoms with Gasteiger partial charge in [-0.2, -0.15) is 0 Å². The van der Waals surface area contributed by atoms with Crippen LogP contribution in [0.5, 0.6) is 0 Å². The summed E-state index contributed by atoms with van der Waals surface area (Å²) in [7, 11) is 1.50. The van der Waals surface area contributed by atoms with Gasteiger partial charge in [-0.3, -0.25) is 0 Å². The summed E-state index contributed by atoms with van der Waals surface area (Å²) in [6.45, 7) is 9.27. The molecule has 7 rings (SSSR count). The fraction of sp³-hybridized carbons (Fsp3) is 0.238. The molecule has 0 spiro atoms. The zero-order valence-corrected chi connectivity index (χ0v) is 26.8. The van der Waals surface area contributed by atoms with Crippen LogP contribution in [0.25, 0.3) is 16.7 Å². The third kappa shape index (κ3) is 5.29. The molecule has 1 atom stereocenters. The zero-order valence-electron chi connectivity index (χ0n) is 26.8. The molecule has 4 aromatic carbocycles. The van der Waals surface area contributed by atoms with E-state index in [1.165, 1.54) is 57.3 Å². The fourth-order valence-corrected chi connectivity index (χ4v) is 7.00. The molecule has 2 N–H and O–H groups in total. The molecule has 3 aliphatic rings. The molecule has 0 bridgehead atoms. The lowest BCUT2D eigenvalue weighted by atomic mass is 9.73. The molecular weight excluding hydrogens is 532 g/mol. The van der Waals surface area contributed by atoms with Crippen molar-refractivity contribution in [2.24, 2.45) is 11.1 Å². The minimum atomic E-state index is -0.0450. The van der Waals surface area contributed by atoms with E-state index in [0.29, 0.717) is 0 Å². The maximum absolute atomic E-state index is 4.50. The topological polar surface area (TPSA) is 29.3 Å². The number of anilines is 3. The summed E-state index contributed by atoms with van der Waals surface area (Å²) in [4.78, 5) is 2.39. The molecule has 1 unspecified atom stereocenters. The predicted molar refractivity (Wildman–Crippen MR) is 190 cm³/mol. The summed E-state index contributed by atoms with van der Waals surface area (Å²) in [6.07, 6.45) is 17.5. The van der Waals surface area contributed by atoms with Crippen molar-refractivity contribution in [3.8, 4) is 11.1 Å². The molecule has 2 heteroatoms. The number of rotatable bonds is 5. The van der Waals surface area contributed by atoms with Gasteiger partial charge in [0.1, 0.15) is 0 Å². The van der Waals surface area contributed by atoms with Crippen LogP contribution in [0.3, 0.4) is 0 Å². The van der Waals surface area contributed by atoms with Gasteiger partial charge in [0.05, 0.1) is 0 Å². The number of fused-ring (bicyclic) bond motifs is 3. The molecule has 0 aromatic heterocycles. The second-order valence-electron chi connectivity index (χ2n) is 12.9. The Labute approximate surface area is 264 Å². The molecule has 0 amide bonds. The van der Waals surface area contributed by atoms with Crippen molar-refractivity contribution < 1.29 is 0 Å². The van der Waals surface area contributed by atoms with Crippen LogP contribution in [0.15, 0.2) is 133 Å². The monoisotopic (exact) mass is 576 g/mol. The van der Waals surface area contributed by atoms with E-state index in [2.05, 4.69) is 166 Å². The molecule has 0 fully saturated rings. The summed E-state index contributed by atoms with van der Waals surface area (Å²) in [5.41, 5.74) is 18.9. The largest absolute Gasteiger partial charge is 0.333 e. The van der Waals surface area contributed by atoms with Crippen LogP contribution in [0, 0.1) is 12.3 Å². The highest BCUT2D eigenvalue weighted by molar-refractivity contribution is 5.86. The highest BCUT2D eigenvalue weighted by atomic mass is 15.1. The van der Waals surface area contributed by atoms with Crippen LogP contribution in [0.1, 0.15) is 62.3 Å². The van der Waals surface area contributed by atoms with E-state index in [-0.39, 0.29) is 10.8 Å². The number of para-hydroxylation sites is 1. The van der Waals surface area contributed by atoms with Gasteiger partial charge in [-0.25, -0.2) is 0 Å². The van der Waals surface area contributed by atoms with Crippen LogP contribution in [-0.2, 0) is 5.41 Å². The number of aryl methyl sites for hydroxylation is 1. The molecule has 0 saturated heterocycles. The Kier molecular flexibility index (Phi) is 8.05. The standard InChI is InChI=1S/C41H39N.CH5N/c1-29-15-21-36-37-22-20-35(28-39(37)40(2,3)38(36)27-29)42(33-13-9-6-10-14-33)34-18-16-30(17-19-34)31-23-25-41(4,26-24-31)32-11-7-5-8-12-32;1-2/h6-7,9-25,27-28H,5,8,26H2,1-4H3;2H2,1H3. The van der Waals surface area contributed by atoms with Crippen molar-refractivity contribution >= 4 is 22.6 Å². The van der Waals surface area contributed by atoms with Crippen molar-refractivity contribution in [3.63, 3.8) is 0 Å². The van der Waals surface area contributed by atoms with Crippen molar-refractivity contribution in [3.05, 3.63) is 155 Å². The summed E-state index contributed by atoms with van der Waals surface area (Å²) in [5, 5.41) is 0. The zero-order chi connectivity index (χ0) is 30.9. The third-order valence-electron chi connectivity index (χ3n) is 9.58. The second kappa shape index (κ2) is 11.9. The van der Waals surface area contributed by atoms with E-state index in [0.717, 1.165) is 30.6 Å². The fourth-order valence-electron chi connectivity index (χ4n) is 7.00. The lowest BCUT2D eigenvalue weighted by Crippen LogP contribution is -2.17.